The fraction of sp³-hybridized carbons (Fsp3) is 0.517. The van der Waals surface area contributed by atoms with Crippen molar-refractivity contribution in [2.75, 3.05) is 126 Å². The first kappa shape index (κ1) is 67.0. The van der Waals surface area contributed by atoms with Crippen LogP contribution in [-0.2, 0) is 70.3 Å². The molecule has 0 aromatic heterocycles. The zero-order chi connectivity index (χ0) is 57.7. The summed E-state index contributed by atoms with van der Waals surface area (Å²) < 4.78 is 98.5. The van der Waals surface area contributed by atoms with E-state index < -0.39 is 43.5 Å². The highest BCUT2D eigenvalue weighted by Gasteiger charge is 2.39. The normalized spacial score (nSPS) is 14.2. The van der Waals surface area contributed by atoms with Crippen molar-refractivity contribution in [3.63, 3.8) is 0 Å². The maximum absolute atomic E-state index is 14.5. The van der Waals surface area contributed by atoms with Crippen molar-refractivity contribution in [3.05, 3.63) is 142 Å². The van der Waals surface area contributed by atoms with E-state index >= 15 is 0 Å². The van der Waals surface area contributed by atoms with Gasteiger partial charge in [0.2, 0.25) is 0 Å². The molecule has 79 heavy (non-hydrogen) atoms. The Balaban J connectivity index is 1.25. The van der Waals surface area contributed by atoms with Crippen LogP contribution in [0.25, 0.3) is 0 Å². The molecular formula is C60H84O17P2. The van der Waals surface area contributed by atoms with Gasteiger partial charge in [-0.15, -0.1) is 0 Å². The Kier molecular flexibility index (Phi) is 30.0. The van der Waals surface area contributed by atoms with E-state index in [1.165, 1.54) is 0 Å². The maximum atomic E-state index is 14.5. The van der Waals surface area contributed by atoms with Gasteiger partial charge in [-0.2, -0.15) is 0 Å². The summed E-state index contributed by atoms with van der Waals surface area (Å²) in [5.41, 5.74) is 4.44. The van der Waals surface area contributed by atoms with Crippen LogP contribution in [0.3, 0.4) is 0 Å². The molecule has 3 atom stereocenters. The van der Waals surface area contributed by atoms with Crippen LogP contribution >= 0.6 is 14.7 Å². The second-order valence-electron chi connectivity index (χ2n) is 19.3. The minimum absolute atomic E-state index is 0.0748. The summed E-state index contributed by atoms with van der Waals surface area (Å²) in [5, 5.41) is 0.640. The van der Waals surface area contributed by atoms with E-state index in [0.717, 1.165) is 33.4 Å². The number of carbonyl (C=O) groups is 3. The molecule has 19 heteroatoms. The van der Waals surface area contributed by atoms with Crippen molar-refractivity contribution in [1.82, 2.24) is 0 Å². The highest BCUT2D eigenvalue weighted by atomic mass is 31.2. The Hall–Kier alpha value is -4.55. The molecule has 4 rings (SSSR count). The minimum atomic E-state index is -3.99. The average molecular weight is 1140 g/mol. The fourth-order valence-corrected chi connectivity index (χ4v) is 12.6. The number of hydrogen-bond acceptors (Lipinski definition) is 17. The number of aryl methyl sites for hydroxylation is 6. The Morgan fingerprint density at radius 2 is 0.797 bits per heavy atom. The van der Waals surface area contributed by atoms with Gasteiger partial charge in [0, 0.05) is 32.7 Å². The van der Waals surface area contributed by atoms with E-state index in [9.17, 15) is 23.5 Å². The summed E-state index contributed by atoms with van der Waals surface area (Å²) >= 11 is 0. The molecule has 0 aliphatic carbocycles. The van der Waals surface area contributed by atoms with Gasteiger partial charge in [-0.3, -0.25) is 18.7 Å². The largest absolute Gasteiger partial charge is 0.460 e. The van der Waals surface area contributed by atoms with Crippen molar-refractivity contribution in [3.8, 4) is 0 Å². The number of esters is 1. The molecule has 0 aliphatic heterocycles. The third-order valence-electron chi connectivity index (χ3n) is 12.6. The van der Waals surface area contributed by atoms with Crippen molar-refractivity contribution < 1.29 is 79.9 Å². The molecule has 0 aliphatic rings. The van der Waals surface area contributed by atoms with Crippen molar-refractivity contribution in [1.29, 1.82) is 0 Å². The lowest BCUT2D eigenvalue weighted by molar-refractivity contribution is -0.150. The van der Waals surface area contributed by atoms with Crippen LogP contribution in [0.2, 0.25) is 0 Å². The summed E-state index contributed by atoms with van der Waals surface area (Å²) in [4.78, 5) is 39.4. The van der Waals surface area contributed by atoms with Gasteiger partial charge in [0.1, 0.15) is 6.61 Å². The average Bonchev–Trinajstić information content (AvgIpc) is 3.44. The van der Waals surface area contributed by atoms with Crippen LogP contribution in [0, 0.1) is 47.0 Å². The van der Waals surface area contributed by atoms with Crippen LogP contribution in [0.15, 0.2) is 97.1 Å². The highest BCUT2D eigenvalue weighted by molar-refractivity contribution is 7.84. The lowest BCUT2D eigenvalue weighted by Gasteiger charge is -2.32. The SMILES string of the molecule is C=C(C)C(=O)OCCOCCOC(C)OCCOCCOCC(CC)(COCCOCCOP(=O)(C(=O)c1c(C)cc(C)cc1C)c1ccccc1)COCCOCCOP(=O)(C(=O)c1c(C)cc(C)cc1C)c1ccccc1. The molecule has 4 aromatic carbocycles. The lowest BCUT2D eigenvalue weighted by Crippen LogP contribution is -2.38. The minimum Gasteiger partial charge on any atom is -0.460 e. The summed E-state index contributed by atoms with van der Waals surface area (Å²) in [6, 6.07) is 24.7. The van der Waals surface area contributed by atoms with E-state index in [-0.39, 0.29) is 79.3 Å². The molecule has 0 N–H and O–H groups in total. The number of carbonyl (C=O) groups excluding carboxylic acids is 3. The second-order valence-corrected chi connectivity index (χ2v) is 23.9. The summed E-state index contributed by atoms with van der Waals surface area (Å²) in [6.07, 6.45) is 0.161. The molecule has 17 nitrogen and oxygen atoms in total. The first-order chi connectivity index (χ1) is 37.9. The van der Waals surface area contributed by atoms with E-state index in [4.69, 9.17) is 56.4 Å². The number of benzene rings is 4. The molecular weight excluding hydrogens is 1050 g/mol. The molecule has 3 unspecified atom stereocenters. The summed E-state index contributed by atoms with van der Waals surface area (Å²) in [6.45, 7) is 24.1. The smallest absolute Gasteiger partial charge is 0.333 e. The third-order valence-corrected chi connectivity index (χ3v) is 17.1. The predicted octanol–water partition coefficient (Wildman–Crippen LogP) is 9.77. The van der Waals surface area contributed by atoms with Crippen molar-refractivity contribution in [2.45, 2.75) is 75.0 Å². The zero-order valence-corrected chi connectivity index (χ0v) is 49.6. The van der Waals surface area contributed by atoms with Gasteiger partial charge in [0.15, 0.2) is 6.29 Å². The Morgan fingerprint density at radius 3 is 1.14 bits per heavy atom. The van der Waals surface area contributed by atoms with Crippen LogP contribution < -0.4 is 10.6 Å². The first-order valence-electron chi connectivity index (χ1n) is 26.8. The Labute approximate surface area is 468 Å². The monoisotopic (exact) mass is 1140 g/mol. The van der Waals surface area contributed by atoms with Crippen LogP contribution in [0.4, 0.5) is 0 Å². The van der Waals surface area contributed by atoms with E-state index in [1.54, 1.807) is 74.5 Å². The van der Waals surface area contributed by atoms with Gasteiger partial charge < -0.3 is 56.4 Å². The Morgan fingerprint density at radius 1 is 0.481 bits per heavy atom. The molecule has 436 valence electrons. The predicted molar refractivity (Wildman–Crippen MR) is 305 cm³/mol. The summed E-state index contributed by atoms with van der Waals surface area (Å²) in [5.74, 6) is -0.454. The van der Waals surface area contributed by atoms with E-state index in [0.29, 0.717) is 80.0 Å². The Bertz CT molecular complexity index is 2420. The van der Waals surface area contributed by atoms with E-state index in [2.05, 4.69) is 6.58 Å². The topological polar surface area (TPSA) is 196 Å². The number of rotatable bonds is 42. The van der Waals surface area contributed by atoms with Gasteiger partial charge in [-0.05, 0) is 108 Å². The first-order valence-corrected chi connectivity index (χ1v) is 30.1. The van der Waals surface area contributed by atoms with E-state index in [1.807, 2.05) is 72.7 Å². The van der Waals surface area contributed by atoms with Crippen LogP contribution in [0.5, 0.6) is 0 Å². The molecule has 0 heterocycles. The molecule has 0 amide bonds. The fourth-order valence-electron chi connectivity index (χ4n) is 8.50. The van der Waals surface area contributed by atoms with Crippen molar-refractivity contribution >= 4 is 42.4 Å². The number of hydrogen-bond donors (Lipinski definition) is 0. The van der Waals surface area contributed by atoms with Gasteiger partial charge in [0.05, 0.1) is 119 Å². The molecule has 0 saturated heterocycles. The standard InChI is InChI=1S/C60H84O17P2/c1-11-60(42-70-25-22-66-28-33-73-52(10)74-34-29-69-30-35-75-57(61)45(2)3,43-71-26-23-67-31-36-76-78(64,53-18-14-12-15-19-53)58(62)55-48(6)38-46(4)39-49(55)7)44-72-27-24-68-32-37-77-79(65,54-20-16-13-17-21-54)59(63)56-50(8)40-47(5)41-51(56)9/h12-21,38-41,52H,2,11,22-37,42-44H2,1,3-10H3. The molecule has 0 bridgehead atoms. The van der Waals surface area contributed by atoms with Crippen LogP contribution in [0.1, 0.15) is 81.3 Å². The number of ether oxygens (including phenoxy) is 10. The molecule has 0 saturated carbocycles. The quantitative estimate of drug-likeness (QED) is 0.0134. The van der Waals surface area contributed by atoms with Crippen LogP contribution in [-0.4, -0.2) is 149 Å². The highest BCUT2D eigenvalue weighted by Crippen LogP contribution is 2.51. The molecule has 0 fully saturated rings. The van der Waals surface area contributed by atoms with Gasteiger partial charge in [0.25, 0.3) is 11.0 Å². The van der Waals surface area contributed by atoms with Gasteiger partial charge >= 0.3 is 20.7 Å². The zero-order valence-electron chi connectivity index (χ0n) is 47.8. The van der Waals surface area contributed by atoms with Gasteiger partial charge in [-0.1, -0.05) is 85.3 Å². The lowest BCUT2D eigenvalue weighted by atomic mass is 9.88. The molecule has 0 radical (unpaired) electrons. The molecule has 4 aromatic rings. The van der Waals surface area contributed by atoms with Crippen molar-refractivity contribution in [2.24, 2.45) is 5.41 Å². The maximum Gasteiger partial charge on any atom is 0.333 e. The summed E-state index contributed by atoms with van der Waals surface area (Å²) in [7, 11) is -7.98. The molecule has 0 spiro atoms. The second kappa shape index (κ2) is 35.3. The third kappa shape index (κ3) is 22.0. The van der Waals surface area contributed by atoms with Gasteiger partial charge in [-0.25, -0.2) is 4.79 Å².